The van der Waals surface area contributed by atoms with Crippen molar-refractivity contribution in [2.45, 2.75) is 20.4 Å². The van der Waals surface area contributed by atoms with Crippen LogP contribution in [0.25, 0.3) is 0 Å². The van der Waals surface area contributed by atoms with Gasteiger partial charge in [-0.05, 0) is 43.7 Å². The van der Waals surface area contributed by atoms with Gasteiger partial charge in [-0.2, -0.15) is 0 Å². The van der Waals surface area contributed by atoms with Crippen LogP contribution in [0.15, 0.2) is 53.7 Å². The number of hydrogen-bond acceptors (Lipinski definition) is 6. The number of carbonyl (C=O) groups is 1. The molecular formula is C23H25N5O3. The molecule has 0 bridgehead atoms. The van der Waals surface area contributed by atoms with Crippen LogP contribution in [-0.2, 0) is 11.3 Å². The summed E-state index contributed by atoms with van der Waals surface area (Å²) < 4.78 is 6.88. The summed E-state index contributed by atoms with van der Waals surface area (Å²) in [4.78, 5) is 36.8. The molecule has 0 radical (unpaired) electrons. The number of hydrogen-bond donors (Lipinski definition) is 1. The first-order chi connectivity index (χ1) is 15.0. The van der Waals surface area contributed by atoms with Crippen molar-refractivity contribution in [3.05, 3.63) is 81.8 Å². The Morgan fingerprint density at radius 2 is 1.94 bits per heavy atom. The molecule has 3 heterocycles. The summed E-state index contributed by atoms with van der Waals surface area (Å²) in [6, 6.07) is 9.40. The summed E-state index contributed by atoms with van der Waals surface area (Å²) in [6.07, 6.45) is 4.97. The fourth-order valence-electron chi connectivity index (χ4n) is 3.54. The zero-order chi connectivity index (χ0) is 21.8. The molecule has 1 amide bonds. The minimum atomic E-state index is -0.425. The highest BCUT2D eigenvalue weighted by Crippen LogP contribution is 2.21. The number of aromatic nitrogens is 3. The molecule has 8 heteroatoms. The average Bonchev–Trinajstić information content (AvgIpc) is 2.78. The third-order valence-electron chi connectivity index (χ3n) is 5.25. The maximum absolute atomic E-state index is 13.0. The van der Waals surface area contributed by atoms with E-state index in [0.717, 1.165) is 24.5 Å². The summed E-state index contributed by atoms with van der Waals surface area (Å²) in [5.41, 5.74) is 3.51. The lowest BCUT2D eigenvalue weighted by Crippen LogP contribution is -2.36. The predicted molar refractivity (Wildman–Crippen MR) is 119 cm³/mol. The summed E-state index contributed by atoms with van der Waals surface area (Å²) in [6.45, 7) is 6.85. The maximum atomic E-state index is 13.0. The molecule has 0 saturated carbocycles. The number of anilines is 2. The van der Waals surface area contributed by atoms with Gasteiger partial charge in [0.1, 0.15) is 5.56 Å². The number of rotatable bonds is 5. The minimum absolute atomic E-state index is 0.124. The molecule has 0 unspecified atom stereocenters. The van der Waals surface area contributed by atoms with Crippen molar-refractivity contribution in [2.75, 3.05) is 36.5 Å². The van der Waals surface area contributed by atoms with Crippen molar-refractivity contribution in [1.29, 1.82) is 0 Å². The summed E-state index contributed by atoms with van der Waals surface area (Å²) in [5, 5.41) is 2.88. The summed E-state index contributed by atoms with van der Waals surface area (Å²) >= 11 is 0. The van der Waals surface area contributed by atoms with Gasteiger partial charge in [0.15, 0.2) is 0 Å². The molecule has 31 heavy (non-hydrogen) atoms. The molecule has 1 aromatic carbocycles. The topological polar surface area (TPSA) is 89.4 Å². The summed E-state index contributed by atoms with van der Waals surface area (Å²) in [5.74, 6) is -0.425. The minimum Gasteiger partial charge on any atom is -0.378 e. The molecule has 0 spiro atoms. The smallest absolute Gasteiger partial charge is 0.264 e. The van der Waals surface area contributed by atoms with Crippen LogP contribution >= 0.6 is 0 Å². The van der Waals surface area contributed by atoms with Crippen LogP contribution in [0.3, 0.4) is 0 Å². The maximum Gasteiger partial charge on any atom is 0.264 e. The molecule has 1 saturated heterocycles. The molecule has 1 N–H and O–H groups in total. The fourth-order valence-corrected chi connectivity index (χ4v) is 3.54. The molecule has 4 rings (SSSR count). The van der Waals surface area contributed by atoms with E-state index in [1.54, 1.807) is 31.6 Å². The van der Waals surface area contributed by atoms with E-state index < -0.39 is 5.91 Å². The zero-order valence-corrected chi connectivity index (χ0v) is 17.7. The molecule has 2 aromatic heterocycles. The third kappa shape index (κ3) is 4.80. The van der Waals surface area contributed by atoms with Crippen LogP contribution < -0.4 is 15.8 Å². The molecular weight excluding hydrogens is 394 g/mol. The molecule has 160 valence electrons. The number of morpholine rings is 1. The van der Waals surface area contributed by atoms with Crippen LogP contribution in [0.1, 0.15) is 27.3 Å². The Kier molecular flexibility index (Phi) is 6.08. The van der Waals surface area contributed by atoms with Crippen molar-refractivity contribution in [1.82, 2.24) is 14.5 Å². The van der Waals surface area contributed by atoms with Crippen molar-refractivity contribution in [2.24, 2.45) is 0 Å². The first kappa shape index (κ1) is 20.7. The number of carbonyl (C=O) groups excluding carboxylic acids is 1. The van der Waals surface area contributed by atoms with Gasteiger partial charge in [0.05, 0.1) is 37.3 Å². The van der Waals surface area contributed by atoms with Crippen molar-refractivity contribution >= 4 is 17.3 Å². The summed E-state index contributed by atoms with van der Waals surface area (Å²) in [7, 11) is 0. The quantitative estimate of drug-likeness (QED) is 0.683. The molecule has 1 aliphatic heterocycles. The number of nitrogens with one attached hydrogen (secondary N) is 1. The number of aryl methyl sites for hydroxylation is 2. The van der Waals surface area contributed by atoms with Gasteiger partial charge >= 0.3 is 0 Å². The molecule has 1 fully saturated rings. The lowest BCUT2D eigenvalue weighted by Gasteiger charge is -2.29. The van der Waals surface area contributed by atoms with E-state index in [1.807, 2.05) is 31.2 Å². The van der Waals surface area contributed by atoms with Gasteiger partial charge in [0, 0.05) is 36.9 Å². The van der Waals surface area contributed by atoms with Crippen LogP contribution in [0.4, 0.5) is 11.4 Å². The molecule has 8 nitrogen and oxygen atoms in total. The van der Waals surface area contributed by atoms with Crippen molar-refractivity contribution in [3.63, 3.8) is 0 Å². The number of nitrogens with zero attached hydrogens (tertiary/aromatic N) is 4. The average molecular weight is 419 g/mol. The highest BCUT2D eigenvalue weighted by Gasteiger charge is 2.17. The standard InChI is InChI=1S/C23H25N5O3/c1-16-6-7-28(15-19-14-24-17(2)13-25-19)23(30)21(16)22(29)26-18-4-3-5-20(12-18)27-8-10-31-11-9-27/h3-7,12-14H,8-11,15H2,1-2H3,(H,26,29). The largest absolute Gasteiger partial charge is 0.378 e. The van der Waals surface area contributed by atoms with Crippen LogP contribution in [-0.4, -0.2) is 46.7 Å². The lowest BCUT2D eigenvalue weighted by molar-refractivity contribution is 0.102. The second-order valence-corrected chi connectivity index (χ2v) is 7.56. The fraction of sp³-hybridized carbons (Fsp3) is 0.304. The Morgan fingerprint density at radius 3 is 2.68 bits per heavy atom. The number of pyridine rings is 1. The van der Waals surface area contributed by atoms with Crippen molar-refractivity contribution in [3.8, 4) is 0 Å². The van der Waals surface area contributed by atoms with Gasteiger partial charge in [-0.1, -0.05) is 6.07 Å². The van der Waals surface area contributed by atoms with E-state index >= 15 is 0 Å². The van der Waals surface area contributed by atoms with E-state index in [4.69, 9.17) is 4.74 Å². The number of ether oxygens (including phenoxy) is 1. The Bertz CT molecular complexity index is 1130. The highest BCUT2D eigenvalue weighted by atomic mass is 16.5. The number of amides is 1. The predicted octanol–water partition coefficient (Wildman–Crippen LogP) is 2.39. The van der Waals surface area contributed by atoms with E-state index in [9.17, 15) is 9.59 Å². The van der Waals surface area contributed by atoms with E-state index in [0.29, 0.717) is 30.2 Å². The van der Waals surface area contributed by atoms with Crippen LogP contribution in [0.2, 0.25) is 0 Å². The second-order valence-electron chi connectivity index (χ2n) is 7.56. The van der Waals surface area contributed by atoms with E-state index in [-0.39, 0.29) is 17.7 Å². The molecule has 3 aromatic rings. The Labute approximate surface area is 180 Å². The van der Waals surface area contributed by atoms with Crippen molar-refractivity contribution < 1.29 is 9.53 Å². The monoisotopic (exact) mass is 419 g/mol. The molecule has 0 atom stereocenters. The third-order valence-corrected chi connectivity index (χ3v) is 5.25. The van der Waals surface area contributed by atoms with Gasteiger partial charge < -0.3 is 19.5 Å². The second kappa shape index (κ2) is 9.09. The Morgan fingerprint density at radius 1 is 1.13 bits per heavy atom. The zero-order valence-electron chi connectivity index (χ0n) is 17.7. The normalized spacial score (nSPS) is 13.8. The number of benzene rings is 1. The van der Waals surface area contributed by atoms with Gasteiger partial charge in [0.2, 0.25) is 0 Å². The highest BCUT2D eigenvalue weighted by molar-refractivity contribution is 6.05. The van der Waals surface area contributed by atoms with Gasteiger partial charge in [0.25, 0.3) is 11.5 Å². The molecule has 1 aliphatic rings. The SMILES string of the molecule is Cc1cnc(Cn2ccc(C)c(C(=O)Nc3cccc(N4CCOCC4)c3)c2=O)cn1. The van der Waals surface area contributed by atoms with Gasteiger partial charge in [-0.15, -0.1) is 0 Å². The first-order valence-electron chi connectivity index (χ1n) is 10.2. The first-order valence-corrected chi connectivity index (χ1v) is 10.2. The Hall–Kier alpha value is -3.52. The Balaban J connectivity index is 1.56. The van der Waals surface area contributed by atoms with Gasteiger partial charge in [-0.3, -0.25) is 19.6 Å². The van der Waals surface area contributed by atoms with Crippen LogP contribution in [0, 0.1) is 13.8 Å². The van der Waals surface area contributed by atoms with E-state index in [2.05, 4.69) is 20.2 Å². The van der Waals surface area contributed by atoms with Crippen LogP contribution in [0.5, 0.6) is 0 Å². The lowest BCUT2D eigenvalue weighted by atomic mass is 10.1. The van der Waals surface area contributed by atoms with Gasteiger partial charge in [-0.25, -0.2) is 0 Å². The molecule has 0 aliphatic carbocycles. The van der Waals surface area contributed by atoms with E-state index in [1.165, 1.54) is 4.57 Å².